The van der Waals surface area contributed by atoms with Crippen LogP contribution in [0, 0.1) is 19.8 Å². The highest BCUT2D eigenvalue weighted by molar-refractivity contribution is 7.91. The van der Waals surface area contributed by atoms with Crippen LogP contribution in [0.1, 0.15) is 64.2 Å². The fraction of sp³-hybridized carbons (Fsp3) is 0.731. The lowest BCUT2D eigenvalue weighted by molar-refractivity contribution is -0.131. The number of hydrogen-bond donors (Lipinski definition) is 0. The molecule has 6 nitrogen and oxygen atoms in total. The van der Waals surface area contributed by atoms with Crippen LogP contribution in [-0.2, 0) is 25.8 Å². The number of benzene rings is 1. The van der Waals surface area contributed by atoms with E-state index in [1.807, 2.05) is 4.90 Å². The molecular formula is C26H42N2O4S. The highest BCUT2D eigenvalue weighted by atomic mass is 32.2. The minimum absolute atomic E-state index is 0.136. The third-order valence-corrected chi connectivity index (χ3v) is 9.90. The topological polar surface area (TPSA) is 66.9 Å². The van der Waals surface area contributed by atoms with Gasteiger partial charge < -0.3 is 14.5 Å². The molecule has 186 valence electrons. The van der Waals surface area contributed by atoms with Gasteiger partial charge in [-0.05, 0) is 90.0 Å². The second-order valence-corrected chi connectivity index (χ2v) is 13.1. The first-order valence-corrected chi connectivity index (χ1v) is 14.1. The highest BCUT2D eigenvalue weighted by Gasteiger charge is 2.31. The van der Waals surface area contributed by atoms with Gasteiger partial charge >= 0.3 is 0 Å². The van der Waals surface area contributed by atoms with Crippen molar-refractivity contribution in [3.05, 3.63) is 28.8 Å². The number of sulfone groups is 1. The predicted octanol–water partition coefficient (Wildman–Crippen LogP) is 3.91. The number of anilines is 1. The van der Waals surface area contributed by atoms with Gasteiger partial charge in [0.2, 0.25) is 5.91 Å². The number of amides is 1. The molecule has 2 saturated heterocycles. The first kappa shape index (κ1) is 26.0. The van der Waals surface area contributed by atoms with E-state index >= 15 is 0 Å². The normalized spacial score (nSPS) is 25.0. The SMILES string of the molecule is Cc1cc(N2C[C@H](C)O[C@H](C)C2C)c(C)cc1CC(=O)N1CCC(CS(=O)(=O)C(C)C)CC1. The fourth-order valence-electron chi connectivity index (χ4n) is 5.04. The Bertz CT molecular complexity index is 951. The minimum Gasteiger partial charge on any atom is -0.372 e. The number of piperidine rings is 1. The van der Waals surface area contributed by atoms with Crippen molar-refractivity contribution in [2.75, 3.05) is 30.3 Å². The maximum atomic E-state index is 13.0. The van der Waals surface area contributed by atoms with Crippen LogP contribution in [0.5, 0.6) is 0 Å². The molecule has 33 heavy (non-hydrogen) atoms. The zero-order chi connectivity index (χ0) is 24.5. The van der Waals surface area contributed by atoms with E-state index in [0.29, 0.717) is 25.6 Å². The zero-order valence-electron chi connectivity index (χ0n) is 21.4. The van der Waals surface area contributed by atoms with E-state index in [1.54, 1.807) is 13.8 Å². The third kappa shape index (κ3) is 6.10. The molecule has 1 aromatic rings. The molecule has 1 aromatic carbocycles. The van der Waals surface area contributed by atoms with Crippen LogP contribution in [0.3, 0.4) is 0 Å². The summed E-state index contributed by atoms with van der Waals surface area (Å²) in [5.74, 6) is 0.534. The molecule has 0 saturated carbocycles. The summed E-state index contributed by atoms with van der Waals surface area (Å²) in [6.07, 6.45) is 2.29. The smallest absolute Gasteiger partial charge is 0.226 e. The molecule has 3 atom stereocenters. The molecule has 0 aromatic heterocycles. The number of morpholine rings is 1. The van der Waals surface area contributed by atoms with Gasteiger partial charge in [0.1, 0.15) is 0 Å². The minimum atomic E-state index is -3.03. The maximum absolute atomic E-state index is 13.0. The summed E-state index contributed by atoms with van der Waals surface area (Å²) in [7, 11) is -3.03. The van der Waals surface area contributed by atoms with Crippen molar-refractivity contribution in [2.24, 2.45) is 5.92 Å². The Morgan fingerprint density at radius 1 is 1.09 bits per heavy atom. The number of rotatable bonds is 6. The van der Waals surface area contributed by atoms with Gasteiger partial charge in [-0.25, -0.2) is 8.42 Å². The molecule has 7 heteroatoms. The van der Waals surface area contributed by atoms with Crippen molar-refractivity contribution in [1.82, 2.24) is 4.90 Å². The Labute approximate surface area is 200 Å². The van der Waals surface area contributed by atoms with Crippen molar-refractivity contribution in [1.29, 1.82) is 0 Å². The van der Waals surface area contributed by atoms with Gasteiger partial charge in [-0.1, -0.05) is 6.07 Å². The first-order valence-electron chi connectivity index (χ1n) is 12.4. The molecular weight excluding hydrogens is 436 g/mol. The Balaban J connectivity index is 1.63. The van der Waals surface area contributed by atoms with Crippen LogP contribution in [0.4, 0.5) is 5.69 Å². The van der Waals surface area contributed by atoms with Gasteiger partial charge in [0.05, 0.1) is 35.7 Å². The van der Waals surface area contributed by atoms with Crippen LogP contribution in [0.25, 0.3) is 0 Å². The monoisotopic (exact) mass is 478 g/mol. The van der Waals surface area contributed by atoms with Gasteiger partial charge in [-0.3, -0.25) is 4.79 Å². The largest absolute Gasteiger partial charge is 0.372 e. The van der Waals surface area contributed by atoms with Gasteiger partial charge in [-0.15, -0.1) is 0 Å². The summed E-state index contributed by atoms with van der Waals surface area (Å²) in [5.41, 5.74) is 4.63. The molecule has 0 spiro atoms. The summed E-state index contributed by atoms with van der Waals surface area (Å²) < 4.78 is 30.4. The standard InChI is InChI=1S/C26H42N2O4S/c1-17(2)33(30,31)16-23-8-10-27(11-9-23)26(29)14-24-12-19(4)25(13-18(24)3)28-15-20(5)32-22(7)21(28)6/h12-13,17,20-23H,8-11,14-16H2,1-7H3/t20-,21?,22+/m0/s1. The summed E-state index contributed by atoms with van der Waals surface area (Å²) in [4.78, 5) is 17.4. The Hall–Kier alpha value is -1.60. The lowest BCUT2D eigenvalue weighted by Gasteiger charge is -2.43. The van der Waals surface area contributed by atoms with Crippen molar-refractivity contribution in [3.63, 3.8) is 0 Å². The summed E-state index contributed by atoms with van der Waals surface area (Å²) in [6, 6.07) is 4.69. The number of hydrogen-bond acceptors (Lipinski definition) is 5. The second kappa shape index (κ2) is 10.3. The highest BCUT2D eigenvalue weighted by Crippen LogP contribution is 2.31. The third-order valence-electron chi connectivity index (χ3n) is 7.53. The van der Waals surface area contributed by atoms with Crippen LogP contribution < -0.4 is 4.90 Å². The maximum Gasteiger partial charge on any atom is 0.226 e. The Morgan fingerprint density at radius 3 is 2.33 bits per heavy atom. The van der Waals surface area contributed by atoms with Crippen LogP contribution in [-0.4, -0.2) is 68.1 Å². The zero-order valence-corrected chi connectivity index (χ0v) is 22.2. The Morgan fingerprint density at radius 2 is 1.73 bits per heavy atom. The van der Waals surface area contributed by atoms with Crippen LogP contribution >= 0.6 is 0 Å². The molecule has 2 fully saturated rings. The number of likely N-dealkylation sites (tertiary alicyclic amines) is 1. The molecule has 3 rings (SSSR count). The van der Waals surface area contributed by atoms with Gasteiger partial charge in [0.15, 0.2) is 9.84 Å². The number of nitrogens with zero attached hydrogens (tertiary/aromatic N) is 2. The van der Waals surface area contributed by atoms with Crippen molar-refractivity contribution >= 4 is 21.4 Å². The van der Waals surface area contributed by atoms with Gasteiger partial charge in [-0.2, -0.15) is 0 Å². The predicted molar refractivity (Wildman–Crippen MR) is 135 cm³/mol. The lowest BCUT2D eigenvalue weighted by Crippen LogP contribution is -2.52. The molecule has 1 unspecified atom stereocenters. The summed E-state index contributed by atoms with van der Waals surface area (Å²) in [5, 5.41) is -0.335. The molecule has 0 aliphatic carbocycles. The number of carbonyl (C=O) groups is 1. The molecule has 0 radical (unpaired) electrons. The van der Waals surface area contributed by atoms with E-state index in [9.17, 15) is 13.2 Å². The number of carbonyl (C=O) groups excluding carboxylic acids is 1. The summed E-state index contributed by atoms with van der Waals surface area (Å²) >= 11 is 0. The molecule has 2 aliphatic heterocycles. The van der Waals surface area contributed by atoms with Gasteiger partial charge in [0, 0.05) is 25.3 Å². The quantitative estimate of drug-likeness (QED) is 0.620. The van der Waals surface area contributed by atoms with E-state index in [2.05, 4.69) is 51.7 Å². The number of aryl methyl sites for hydroxylation is 2. The molecule has 2 aliphatic rings. The second-order valence-electron chi connectivity index (χ2n) is 10.5. The molecule has 1 amide bonds. The van der Waals surface area contributed by atoms with Gasteiger partial charge in [0.25, 0.3) is 0 Å². The molecule has 0 bridgehead atoms. The van der Waals surface area contributed by atoms with Crippen LogP contribution in [0.2, 0.25) is 0 Å². The van der Waals surface area contributed by atoms with E-state index in [-0.39, 0.29) is 35.0 Å². The van der Waals surface area contributed by atoms with Crippen molar-refractivity contribution < 1.29 is 17.9 Å². The van der Waals surface area contributed by atoms with E-state index in [1.165, 1.54) is 11.3 Å². The van der Waals surface area contributed by atoms with Crippen molar-refractivity contribution in [2.45, 2.75) is 91.2 Å². The molecule has 0 N–H and O–H groups in total. The average Bonchev–Trinajstić information content (AvgIpc) is 2.73. The lowest BCUT2D eigenvalue weighted by atomic mass is 9.96. The van der Waals surface area contributed by atoms with E-state index in [0.717, 1.165) is 30.5 Å². The Kier molecular flexibility index (Phi) is 8.15. The first-order chi connectivity index (χ1) is 15.4. The summed E-state index contributed by atoms with van der Waals surface area (Å²) in [6.45, 7) is 16.3. The fourth-order valence-corrected chi connectivity index (χ4v) is 6.42. The van der Waals surface area contributed by atoms with E-state index < -0.39 is 9.84 Å². The van der Waals surface area contributed by atoms with Crippen molar-refractivity contribution in [3.8, 4) is 0 Å². The van der Waals surface area contributed by atoms with E-state index in [4.69, 9.17) is 4.74 Å². The van der Waals surface area contributed by atoms with Crippen LogP contribution in [0.15, 0.2) is 12.1 Å². The number of ether oxygens (including phenoxy) is 1. The average molecular weight is 479 g/mol. The molecule has 2 heterocycles.